The second-order valence-electron chi connectivity index (χ2n) is 6.58. The van der Waals surface area contributed by atoms with Crippen LogP contribution in [0.1, 0.15) is 22.6 Å². The molecule has 0 aliphatic carbocycles. The Morgan fingerprint density at radius 2 is 1.44 bits per heavy atom. The van der Waals surface area contributed by atoms with E-state index in [9.17, 15) is 13.2 Å². The molecule has 27 heavy (non-hydrogen) atoms. The lowest BCUT2D eigenvalue weighted by atomic mass is 9.86. The molecule has 0 aromatic heterocycles. The zero-order valence-corrected chi connectivity index (χ0v) is 15.5. The van der Waals surface area contributed by atoms with Gasteiger partial charge in [-0.2, -0.15) is 0 Å². The molecule has 0 fully saturated rings. The summed E-state index contributed by atoms with van der Waals surface area (Å²) >= 11 is 0. The van der Waals surface area contributed by atoms with Crippen molar-refractivity contribution in [2.75, 3.05) is 0 Å². The van der Waals surface area contributed by atoms with Crippen molar-refractivity contribution in [3.05, 3.63) is 95.6 Å². The maximum atomic E-state index is 13.5. The summed E-state index contributed by atoms with van der Waals surface area (Å²) in [7, 11) is -3.96. The van der Waals surface area contributed by atoms with E-state index in [1.165, 1.54) is 0 Å². The number of hydrogen-bond donors (Lipinski definition) is 0. The third kappa shape index (κ3) is 2.94. The van der Waals surface area contributed by atoms with E-state index in [2.05, 4.69) is 0 Å². The Hall–Kier alpha value is -2.92. The fraction of sp³-hybridized carbons (Fsp3) is 0.136. The molecule has 0 spiro atoms. The Kier molecular flexibility index (Phi) is 4.32. The number of esters is 1. The fourth-order valence-electron chi connectivity index (χ4n) is 3.63. The van der Waals surface area contributed by atoms with E-state index in [4.69, 9.17) is 4.74 Å². The molecule has 0 saturated heterocycles. The van der Waals surface area contributed by atoms with Crippen LogP contribution in [0.15, 0.2) is 83.8 Å². The molecule has 2 unspecified atom stereocenters. The highest BCUT2D eigenvalue weighted by Gasteiger charge is 2.47. The van der Waals surface area contributed by atoms with Crippen molar-refractivity contribution in [3.8, 4) is 5.75 Å². The molecule has 4 rings (SSSR count). The molecular formula is C22H18O4S. The molecule has 1 heterocycles. The summed E-state index contributed by atoms with van der Waals surface area (Å²) < 4.78 is 32.4. The Bertz CT molecular complexity index is 1100. The third-order valence-electron chi connectivity index (χ3n) is 4.89. The first-order valence-electron chi connectivity index (χ1n) is 8.65. The van der Waals surface area contributed by atoms with E-state index >= 15 is 0 Å². The Morgan fingerprint density at radius 3 is 2.19 bits per heavy atom. The minimum absolute atomic E-state index is 0.160. The van der Waals surface area contributed by atoms with Crippen molar-refractivity contribution in [2.45, 2.75) is 23.0 Å². The number of benzene rings is 3. The lowest BCUT2D eigenvalue weighted by molar-refractivity contribution is -0.135. The highest BCUT2D eigenvalue weighted by molar-refractivity contribution is 7.93. The van der Waals surface area contributed by atoms with Gasteiger partial charge < -0.3 is 4.74 Å². The SMILES string of the molecule is Cc1ccccc1S(=O)(=O)C1C(=O)Oc2ccccc2C1c1ccccc1. The maximum absolute atomic E-state index is 13.5. The zero-order chi connectivity index (χ0) is 19.0. The third-order valence-corrected chi connectivity index (χ3v) is 7.10. The first kappa shape index (κ1) is 17.5. The van der Waals surface area contributed by atoms with Crippen LogP contribution >= 0.6 is 0 Å². The fourth-order valence-corrected chi connectivity index (χ4v) is 5.65. The molecule has 0 radical (unpaired) electrons. The topological polar surface area (TPSA) is 60.4 Å². The molecule has 3 aromatic rings. The average molecular weight is 378 g/mol. The van der Waals surface area contributed by atoms with Crippen LogP contribution in [-0.4, -0.2) is 19.6 Å². The van der Waals surface area contributed by atoms with E-state index in [0.29, 0.717) is 16.9 Å². The number of fused-ring (bicyclic) bond motifs is 1. The van der Waals surface area contributed by atoms with Gasteiger partial charge in [-0.15, -0.1) is 0 Å². The number of sulfone groups is 1. The Balaban J connectivity index is 1.96. The second-order valence-corrected chi connectivity index (χ2v) is 8.62. The van der Waals surface area contributed by atoms with Gasteiger partial charge in [0.25, 0.3) is 0 Å². The van der Waals surface area contributed by atoms with E-state index < -0.39 is 27.0 Å². The predicted molar refractivity (Wildman–Crippen MR) is 103 cm³/mol. The summed E-state index contributed by atoms with van der Waals surface area (Å²) in [5.41, 5.74) is 2.07. The summed E-state index contributed by atoms with van der Waals surface area (Å²) in [4.78, 5) is 13.0. The van der Waals surface area contributed by atoms with Gasteiger partial charge in [-0.1, -0.05) is 66.7 Å². The van der Waals surface area contributed by atoms with Gasteiger partial charge in [0.15, 0.2) is 15.1 Å². The molecule has 0 N–H and O–H groups in total. The standard InChI is InChI=1S/C22H18O4S/c1-15-9-5-8-14-19(15)27(24,25)21-20(16-10-3-2-4-11-16)17-12-6-7-13-18(17)26-22(21)23/h2-14,20-21H,1H3. The van der Waals surface area contributed by atoms with Gasteiger partial charge in [-0.25, -0.2) is 8.42 Å². The molecule has 3 aromatic carbocycles. The van der Waals surface area contributed by atoms with Gasteiger partial charge in [-0.3, -0.25) is 4.79 Å². The van der Waals surface area contributed by atoms with E-state index in [-0.39, 0.29) is 4.90 Å². The van der Waals surface area contributed by atoms with Gasteiger partial charge in [0, 0.05) is 11.5 Å². The molecule has 4 nitrogen and oxygen atoms in total. The minimum Gasteiger partial charge on any atom is -0.425 e. The normalized spacial score (nSPS) is 19.2. The lowest BCUT2D eigenvalue weighted by Gasteiger charge is -2.32. The molecule has 1 aliphatic heterocycles. The summed E-state index contributed by atoms with van der Waals surface area (Å²) in [6.45, 7) is 1.73. The van der Waals surface area contributed by atoms with Crippen molar-refractivity contribution in [1.82, 2.24) is 0 Å². The molecule has 136 valence electrons. The molecule has 0 bridgehead atoms. The highest BCUT2D eigenvalue weighted by Crippen LogP contribution is 2.43. The first-order chi connectivity index (χ1) is 13.0. The van der Waals surface area contributed by atoms with Crippen LogP contribution in [-0.2, 0) is 14.6 Å². The van der Waals surface area contributed by atoms with Crippen LogP contribution in [0.2, 0.25) is 0 Å². The number of aryl methyl sites for hydroxylation is 1. The van der Waals surface area contributed by atoms with Gasteiger partial charge >= 0.3 is 5.97 Å². The maximum Gasteiger partial charge on any atom is 0.331 e. The number of carbonyl (C=O) groups excluding carboxylic acids is 1. The molecular weight excluding hydrogens is 360 g/mol. The Morgan fingerprint density at radius 1 is 0.815 bits per heavy atom. The van der Waals surface area contributed by atoms with Crippen LogP contribution in [0, 0.1) is 6.92 Å². The molecule has 0 amide bonds. The summed E-state index contributed by atoms with van der Waals surface area (Å²) in [5, 5.41) is -1.34. The van der Waals surface area contributed by atoms with Crippen molar-refractivity contribution in [1.29, 1.82) is 0 Å². The summed E-state index contributed by atoms with van der Waals surface area (Å²) in [6, 6.07) is 23.1. The number of rotatable bonds is 3. The monoisotopic (exact) mass is 378 g/mol. The largest absolute Gasteiger partial charge is 0.425 e. The van der Waals surface area contributed by atoms with Gasteiger partial charge in [0.05, 0.1) is 4.90 Å². The van der Waals surface area contributed by atoms with Gasteiger partial charge in [-0.05, 0) is 30.2 Å². The smallest absolute Gasteiger partial charge is 0.331 e. The van der Waals surface area contributed by atoms with Crippen LogP contribution in [0.3, 0.4) is 0 Å². The minimum atomic E-state index is -3.96. The first-order valence-corrected chi connectivity index (χ1v) is 10.2. The van der Waals surface area contributed by atoms with Crippen LogP contribution in [0.5, 0.6) is 5.75 Å². The molecule has 5 heteroatoms. The van der Waals surface area contributed by atoms with Gasteiger partial charge in [0.1, 0.15) is 5.75 Å². The number of carbonyl (C=O) groups is 1. The lowest BCUT2D eigenvalue weighted by Crippen LogP contribution is -2.43. The molecule has 1 aliphatic rings. The quantitative estimate of drug-likeness (QED) is 0.512. The second kappa shape index (κ2) is 6.67. The van der Waals surface area contributed by atoms with Crippen LogP contribution < -0.4 is 4.74 Å². The van der Waals surface area contributed by atoms with Crippen LogP contribution in [0.4, 0.5) is 0 Å². The number of para-hydroxylation sites is 1. The van der Waals surface area contributed by atoms with E-state index in [1.54, 1.807) is 43.3 Å². The van der Waals surface area contributed by atoms with E-state index in [1.807, 2.05) is 42.5 Å². The summed E-state index contributed by atoms with van der Waals surface area (Å²) in [6.07, 6.45) is 0. The number of hydrogen-bond acceptors (Lipinski definition) is 4. The zero-order valence-electron chi connectivity index (χ0n) is 14.7. The molecule has 2 atom stereocenters. The average Bonchev–Trinajstić information content (AvgIpc) is 2.67. The van der Waals surface area contributed by atoms with E-state index in [0.717, 1.165) is 5.56 Å². The van der Waals surface area contributed by atoms with Crippen molar-refractivity contribution < 1.29 is 17.9 Å². The molecule has 0 saturated carbocycles. The highest BCUT2D eigenvalue weighted by atomic mass is 32.2. The van der Waals surface area contributed by atoms with Crippen molar-refractivity contribution in [2.24, 2.45) is 0 Å². The summed E-state index contributed by atoms with van der Waals surface area (Å²) in [5.74, 6) is -0.966. The predicted octanol–water partition coefficient (Wildman–Crippen LogP) is 3.89. The van der Waals surface area contributed by atoms with Gasteiger partial charge in [0.2, 0.25) is 0 Å². The Labute approximate surface area is 158 Å². The van der Waals surface area contributed by atoms with Crippen molar-refractivity contribution in [3.63, 3.8) is 0 Å². The number of ether oxygens (including phenoxy) is 1. The van der Waals surface area contributed by atoms with Crippen molar-refractivity contribution >= 4 is 15.8 Å². The van der Waals surface area contributed by atoms with Crippen LogP contribution in [0.25, 0.3) is 0 Å².